The summed E-state index contributed by atoms with van der Waals surface area (Å²) in [5, 5.41) is 0. The molecule has 2 aliphatic rings. The van der Waals surface area contributed by atoms with Crippen molar-refractivity contribution in [2.24, 2.45) is 22.1 Å². The van der Waals surface area contributed by atoms with Crippen molar-refractivity contribution in [2.45, 2.75) is 39.5 Å². The first-order valence-corrected chi connectivity index (χ1v) is 8.17. The third-order valence-corrected chi connectivity index (χ3v) is 4.96. The van der Waals surface area contributed by atoms with Crippen LogP contribution in [-0.2, 0) is 12.8 Å². The lowest BCUT2D eigenvalue weighted by molar-refractivity contribution is 0.268. The fraction of sp³-hybridized carbons (Fsp3) is 0.611. The number of rotatable bonds is 2. The van der Waals surface area contributed by atoms with Gasteiger partial charge in [-0.2, -0.15) is 0 Å². The summed E-state index contributed by atoms with van der Waals surface area (Å²) < 4.78 is 0. The first-order valence-electron chi connectivity index (χ1n) is 8.17. The number of benzene rings is 1. The molecule has 2 N–H and O–H groups in total. The van der Waals surface area contributed by atoms with E-state index in [1.807, 2.05) is 0 Å². The Kier molecular flexibility index (Phi) is 3.92. The molecule has 0 bridgehead atoms. The van der Waals surface area contributed by atoms with Crippen molar-refractivity contribution in [3.05, 3.63) is 35.4 Å². The van der Waals surface area contributed by atoms with E-state index >= 15 is 0 Å². The van der Waals surface area contributed by atoms with Crippen LogP contribution in [0.25, 0.3) is 0 Å². The lowest BCUT2D eigenvalue weighted by atomic mass is 9.87. The molecule has 114 valence electrons. The Bertz CT molecular complexity index is 510. The van der Waals surface area contributed by atoms with Crippen LogP contribution in [0.15, 0.2) is 29.3 Å². The third-order valence-electron chi connectivity index (χ3n) is 4.96. The molecule has 1 aromatic carbocycles. The molecule has 0 spiro atoms. The highest BCUT2D eigenvalue weighted by Gasteiger charge is 2.32. The summed E-state index contributed by atoms with van der Waals surface area (Å²) in [6.45, 7) is 7.60. The van der Waals surface area contributed by atoms with Crippen LogP contribution < -0.4 is 5.73 Å². The number of hydrogen-bond acceptors (Lipinski definition) is 1. The Labute approximate surface area is 128 Å². The van der Waals surface area contributed by atoms with Gasteiger partial charge in [-0.1, -0.05) is 38.1 Å². The SMILES string of the molecule is CC1CCCN(C(N)=NCC2(C)Cc3ccccc3C2)C1. The van der Waals surface area contributed by atoms with Gasteiger partial charge in [0.2, 0.25) is 0 Å². The number of likely N-dealkylation sites (tertiary alicyclic amines) is 1. The van der Waals surface area contributed by atoms with Crippen LogP contribution in [0.5, 0.6) is 0 Å². The van der Waals surface area contributed by atoms with Crippen molar-refractivity contribution in [3.8, 4) is 0 Å². The van der Waals surface area contributed by atoms with Crippen molar-refractivity contribution in [3.63, 3.8) is 0 Å². The summed E-state index contributed by atoms with van der Waals surface area (Å²) in [5.74, 6) is 1.48. The van der Waals surface area contributed by atoms with Crippen LogP contribution in [-0.4, -0.2) is 30.5 Å². The standard InChI is InChI=1S/C18H27N3/c1-14-6-5-9-21(12-14)17(19)20-13-18(2)10-15-7-3-4-8-16(15)11-18/h3-4,7-8,14H,5-6,9-13H2,1-2H3,(H2,19,20). The Morgan fingerprint density at radius 2 is 2.00 bits per heavy atom. The number of nitrogens with two attached hydrogens (primary N) is 1. The zero-order chi connectivity index (χ0) is 14.9. The van der Waals surface area contributed by atoms with Gasteiger partial charge in [-0.15, -0.1) is 0 Å². The van der Waals surface area contributed by atoms with E-state index in [-0.39, 0.29) is 5.41 Å². The summed E-state index contributed by atoms with van der Waals surface area (Å²) in [5.41, 5.74) is 9.43. The lowest BCUT2D eigenvalue weighted by Gasteiger charge is -2.32. The second-order valence-electron chi connectivity index (χ2n) is 7.30. The van der Waals surface area contributed by atoms with Crippen LogP contribution in [0.3, 0.4) is 0 Å². The maximum absolute atomic E-state index is 6.23. The van der Waals surface area contributed by atoms with E-state index in [1.165, 1.54) is 24.0 Å². The van der Waals surface area contributed by atoms with Crippen LogP contribution >= 0.6 is 0 Å². The molecular formula is C18H27N3. The van der Waals surface area contributed by atoms with Crippen LogP contribution in [0.4, 0.5) is 0 Å². The topological polar surface area (TPSA) is 41.6 Å². The molecule has 0 aromatic heterocycles. The average Bonchev–Trinajstić information content (AvgIpc) is 2.81. The summed E-state index contributed by atoms with van der Waals surface area (Å²) in [4.78, 5) is 7.00. The number of nitrogens with zero attached hydrogens (tertiary/aromatic N) is 2. The molecule has 3 rings (SSSR count). The largest absolute Gasteiger partial charge is 0.370 e. The molecule has 0 saturated carbocycles. The normalized spacial score (nSPS) is 25.0. The molecule has 3 nitrogen and oxygen atoms in total. The molecule has 1 atom stereocenters. The molecule has 1 unspecified atom stereocenters. The molecule has 21 heavy (non-hydrogen) atoms. The number of hydrogen-bond donors (Lipinski definition) is 1. The Balaban J connectivity index is 1.63. The van der Waals surface area contributed by atoms with E-state index in [2.05, 4.69) is 43.0 Å². The van der Waals surface area contributed by atoms with Gasteiger partial charge in [0.15, 0.2) is 5.96 Å². The smallest absolute Gasteiger partial charge is 0.191 e. The van der Waals surface area contributed by atoms with Gasteiger partial charge in [-0.25, -0.2) is 0 Å². The summed E-state index contributed by atoms with van der Waals surface area (Å²) in [6, 6.07) is 8.77. The second-order valence-corrected chi connectivity index (χ2v) is 7.30. The Morgan fingerprint density at radius 1 is 1.33 bits per heavy atom. The van der Waals surface area contributed by atoms with Gasteiger partial charge >= 0.3 is 0 Å². The van der Waals surface area contributed by atoms with Gasteiger partial charge in [-0.3, -0.25) is 4.99 Å². The lowest BCUT2D eigenvalue weighted by Crippen LogP contribution is -2.44. The molecule has 1 saturated heterocycles. The van der Waals surface area contributed by atoms with Crippen molar-refractivity contribution < 1.29 is 0 Å². The van der Waals surface area contributed by atoms with E-state index in [9.17, 15) is 0 Å². The number of piperidine rings is 1. The molecule has 0 radical (unpaired) electrons. The zero-order valence-corrected chi connectivity index (χ0v) is 13.3. The van der Waals surface area contributed by atoms with Gasteiger partial charge in [0.05, 0.1) is 0 Å². The highest BCUT2D eigenvalue weighted by molar-refractivity contribution is 5.78. The summed E-state index contributed by atoms with van der Waals surface area (Å²) in [6.07, 6.45) is 4.80. The molecule has 1 heterocycles. The van der Waals surface area contributed by atoms with Crippen molar-refractivity contribution >= 4 is 5.96 Å². The predicted octanol–water partition coefficient (Wildman–Crippen LogP) is 2.84. The Morgan fingerprint density at radius 3 is 2.62 bits per heavy atom. The fourth-order valence-electron chi connectivity index (χ4n) is 3.77. The third kappa shape index (κ3) is 3.22. The van der Waals surface area contributed by atoms with E-state index in [0.29, 0.717) is 0 Å². The van der Waals surface area contributed by atoms with Gasteiger partial charge in [0.25, 0.3) is 0 Å². The van der Waals surface area contributed by atoms with Gasteiger partial charge in [0, 0.05) is 19.6 Å². The van der Waals surface area contributed by atoms with Crippen molar-refractivity contribution in [1.29, 1.82) is 0 Å². The molecule has 1 aliphatic heterocycles. The quantitative estimate of drug-likeness (QED) is 0.670. The van der Waals surface area contributed by atoms with Crippen LogP contribution in [0, 0.1) is 11.3 Å². The molecule has 1 aromatic rings. The molecule has 1 aliphatic carbocycles. The van der Waals surface area contributed by atoms with E-state index < -0.39 is 0 Å². The minimum atomic E-state index is 0.232. The first-order chi connectivity index (χ1) is 10.1. The highest BCUT2D eigenvalue weighted by Crippen LogP contribution is 2.36. The molecule has 0 amide bonds. The maximum atomic E-state index is 6.23. The van der Waals surface area contributed by atoms with Gasteiger partial charge in [0.1, 0.15) is 0 Å². The van der Waals surface area contributed by atoms with Crippen molar-refractivity contribution in [1.82, 2.24) is 4.90 Å². The predicted molar refractivity (Wildman–Crippen MR) is 88.4 cm³/mol. The van der Waals surface area contributed by atoms with Crippen LogP contribution in [0.2, 0.25) is 0 Å². The molecular weight excluding hydrogens is 258 g/mol. The second kappa shape index (κ2) is 5.70. The van der Waals surface area contributed by atoms with E-state index in [0.717, 1.165) is 44.4 Å². The number of fused-ring (bicyclic) bond motifs is 1. The highest BCUT2D eigenvalue weighted by atomic mass is 15.3. The van der Waals surface area contributed by atoms with E-state index in [1.54, 1.807) is 0 Å². The van der Waals surface area contributed by atoms with Gasteiger partial charge in [-0.05, 0) is 48.1 Å². The maximum Gasteiger partial charge on any atom is 0.191 e. The monoisotopic (exact) mass is 285 g/mol. The minimum Gasteiger partial charge on any atom is -0.370 e. The number of aliphatic imine (C=N–C) groups is 1. The zero-order valence-electron chi connectivity index (χ0n) is 13.3. The first kappa shape index (κ1) is 14.4. The number of guanidine groups is 1. The molecule has 1 fully saturated rings. The average molecular weight is 285 g/mol. The molecule has 3 heteroatoms. The van der Waals surface area contributed by atoms with E-state index in [4.69, 9.17) is 10.7 Å². The van der Waals surface area contributed by atoms with Crippen LogP contribution in [0.1, 0.15) is 37.8 Å². The summed E-state index contributed by atoms with van der Waals surface area (Å²) >= 11 is 0. The van der Waals surface area contributed by atoms with Gasteiger partial charge < -0.3 is 10.6 Å². The summed E-state index contributed by atoms with van der Waals surface area (Å²) in [7, 11) is 0. The minimum absolute atomic E-state index is 0.232. The Hall–Kier alpha value is -1.51. The fourth-order valence-corrected chi connectivity index (χ4v) is 3.77. The van der Waals surface area contributed by atoms with Crippen molar-refractivity contribution in [2.75, 3.05) is 19.6 Å².